The van der Waals surface area contributed by atoms with E-state index in [0.29, 0.717) is 0 Å². The SMILES string of the molecule is c1ccc(C2(c3ccccc3)c3ccccc3-c3ccc(-c4ccc(C5c6ccccc6Sc6ccc7ccccc7c65)cc4)cc32)cc1. The maximum atomic E-state index is 2.46. The maximum Gasteiger partial charge on any atom is 0.0713 e. The number of fused-ring (bicyclic) bond motifs is 7. The van der Waals surface area contributed by atoms with Crippen molar-refractivity contribution in [2.24, 2.45) is 0 Å². The molecule has 0 fully saturated rings. The molecule has 0 saturated heterocycles. The van der Waals surface area contributed by atoms with E-state index in [1.165, 1.54) is 81.8 Å². The van der Waals surface area contributed by atoms with Crippen molar-refractivity contribution in [2.75, 3.05) is 0 Å². The summed E-state index contributed by atoms with van der Waals surface area (Å²) in [7, 11) is 0. The van der Waals surface area contributed by atoms with Gasteiger partial charge in [-0.25, -0.2) is 0 Å². The average molecular weight is 641 g/mol. The molecule has 0 saturated carbocycles. The van der Waals surface area contributed by atoms with Crippen molar-refractivity contribution < 1.29 is 0 Å². The lowest BCUT2D eigenvalue weighted by atomic mass is 9.67. The molecule has 1 unspecified atom stereocenters. The van der Waals surface area contributed by atoms with Gasteiger partial charge in [-0.3, -0.25) is 0 Å². The summed E-state index contributed by atoms with van der Waals surface area (Å²) in [5, 5.41) is 2.63. The van der Waals surface area contributed by atoms with E-state index in [0.717, 1.165) is 0 Å². The largest absolute Gasteiger partial charge is 0.0894 e. The summed E-state index contributed by atoms with van der Waals surface area (Å²) in [6.45, 7) is 0. The third-order valence-corrected chi connectivity index (χ3v) is 11.9. The summed E-state index contributed by atoms with van der Waals surface area (Å²) in [5.41, 5.74) is 14.1. The minimum absolute atomic E-state index is 0.172. The van der Waals surface area contributed by atoms with E-state index in [1.54, 1.807) is 0 Å². The summed E-state index contributed by atoms with van der Waals surface area (Å²) in [4.78, 5) is 2.69. The van der Waals surface area contributed by atoms with E-state index in [1.807, 2.05) is 11.8 Å². The summed E-state index contributed by atoms with van der Waals surface area (Å²) in [6.07, 6.45) is 0. The van der Waals surface area contributed by atoms with Crippen molar-refractivity contribution in [1.29, 1.82) is 0 Å². The molecule has 8 aromatic carbocycles. The van der Waals surface area contributed by atoms with Crippen molar-refractivity contribution in [2.45, 2.75) is 21.1 Å². The Labute approximate surface area is 291 Å². The molecule has 230 valence electrons. The van der Waals surface area contributed by atoms with Crippen molar-refractivity contribution in [1.82, 2.24) is 0 Å². The molecule has 1 aliphatic heterocycles. The zero-order valence-electron chi connectivity index (χ0n) is 26.9. The van der Waals surface area contributed by atoms with Gasteiger partial charge in [0.2, 0.25) is 0 Å². The number of hydrogen-bond acceptors (Lipinski definition) is 1. The van der Waals surface area contributed by atoms with Gasteiger partial charge in [0.15, 0.2) is 0 Å². The van der Waals surface area contributed by atoms with Gasteiger partial charge in [-0.1, -0.05) is 182 Å². The number of hydrogen-bond donors (Lipinski definition) is 0. The van der Waals surface area contributed by atoms with E-state index < -0.39 is 5.41 Å². The maximum absolute atomic E-state index is 2.46. The first-order valence-electron chi connectivity index (χ1n) is 17.0. The fourth-order valence-electron chi connectivity index (χ4n) is 8.59. The first-order chi connectivity index (χ1) is 24.3. The Balaban J connectivity index is 1.14. The van der Waals surface area contributed by atoms with E-state index in [-0.39, 0.29) is 5.92 Å². The second kappa shape index (κ2) is 11.2. The van der Waals surface area contributed by atoms with Crippen LogP contribution in [0, 0.1) is 0 Å². The lowest BCUT2D eigenvalue weighted by molar-refractivity contribution is 0.769. The third kappa shape index (κ3) is 4.26. The quantitative estimate of drug-likeness (QED) is 0.184. The molecule has 1 heterocycles. The molecule has 0 bridgehead atoms. The predicted octanol–water partition coefficient (Wildman–Crippen LogP) is 12.5. The minimum Gasteiger partial charge on any atom is -0.0894 e. The summed E-state index contributed by atoms with van der Waals surface area (Å²) >= 11 is 1.90. The van der Waals surface area contributed by atoms with Crippen LogP contribution in [-0.4, -0.2) is 0 Å². The Bertz CT molecular complexity index is 2470. The van der Waals surface area contributed by atoms with Gasteiger partial charge in [0.05, 0.1) is 5.41 Å². The van der Waals surface area contributed by atoms with Crippen molar-refractivity contribution >= 4 is 22.5 Å². The molecule has 8 aromatic rings. The first-order valence-corrected chi connectivity index (χ1v) is 17.9. The Kier molecular flexibility index (Phi) is 6.50. The molecule has 0 N–H and O–H groups in total. The topological polar surface area (TPSA) is 0 Å². The smallest absolute Gasteiger partial charge is 0.0713 e. The van der Waals surface area contributed by atoms with Crippen molar-refractivity contribution in [3.05, 3.63) is 227 Å². The summed E-state index contributed by atoms with van der Waals surface area (Å²) in [6, 6.07) is 69.9. The highest BCUT2D eigenvalue weighted by Crippen LogP contribution is 2.57. The molecule has 1 heteroatoms. The lowest BCUT2D eigenvalue weighted by Gasteiger charge is -2.34. The van der Waals surface area contributed by atoms with E-state index in [9.17, 15) is 0 Å². The van der Waals surface area contributed by atoms with Crippen LogP contribution in [-0.2, 0) is 5.41 Å². The molecule has 0 aromatic heterocycles. The number of benzene rings is 8. The highest BCUT2D eigenvalue weighted by Gasteiger charge is 2.46. The molecule has 0 spiro atoms. The fourth-order valence-corrected chi connectivity index (χ4v) is 9.75. The zero-order chi connectivity index (χ0) is 32.4. The van der Waals surface area contributed by atoms with Crippen LogP contribution in [0.5, 0.6) is 0 Å². The highest BCUT2D eigenvalue weighted by atomic mass is 32.2. The van der Waals surface area contributed by atoms with E-state index >= 15 is 0 Å². The zero-order valence-corrected chi connectivity index (χ0v) is 27.7. The van der Waals surface area contributed by atoms with E-state index in [2.05, 4.69) is 188 Å². The summed E-state index contributed by atoms with van der Waals surface area (Å²) < 4.78 is 0. The number of rotatable bonds is 4. The summed E-state index contributed by atoms with van der Waals surface area (Å²) in [5.74, 6) is 0.172. The van der Waals surface area contributed by atoms with E-state index in [4.69, 9.17) is 0 Å². The Morgan fingerprint density at radius 1 is 0.429 bits per heavy atom. The minimum atomic E-state index is -0.404. The van der Waals surface area contributed by atoms with Crippen LogP contribution in [0.3, 0.4) is 0 Å². The van der Waals surface area contributed by atoms with Crippen LogP contribution in [0.15, 0.2) is 198 Å². The Morgan fingerprint density at radius 3 is 1.86 bits per heavy atom. The second-order valence-electron chi connectivity index (χ2n) is 13.2. The molecule has 0 nitrogen and oxygen atoms in total. The normalized spacial score (nSPS) is 15.2. The monoisotopic (exact) mass is 640 g/mol. The van der Waals surface area contributed by atoms with Gasteiger partial charge < -0.3 is 0 Å². The third-order valence-electron chi connectivity index (χ3n) is 10.7. The molecule has 10 rings (SSSR count). The van der Waals surface area contributed by atoms with Crippen molar-refractivity contribution in [3.63, 3.8) is 0 Å². The fraction of sp³-hybridized carbons (Fsp3) is 0.0417. The van der Waals surface area contributed by atoms with Crippen LogP contribution in [0.25, 0.3) is 33.0 Å². The van der Waals surface area contributed by atoms with Gasteiger partial charge in [0, 0.05) is 15.7 Å². The Hall–Kier alpha value is -5.63. The predicted molar refractivity (Wildman–Crippen MR) is 205 cm³/mol. The molecule has 1 aliphatic carbocycles. The van der Waals surface area contributed by atoms with Crippen LogP contribution in [0.2, 0.25) is 0 Å². The first kappa shape index (κ1) is 28.4. The lowest BCUT2D eigenvalue weighted by Crippen LogP contribution is -2.28. The highest BCUT2D eigenvalue weighted by molar-refractivity contribution is 7.99. The Morgan fingerprint density at radius 2 is 1.06 bits per heavy atom. The molecule has 0 amide bonds. The van der Waals surface area contributed by atoms with Gasteiger partial charge in [0.25, 0.3) is 0 Å². The molecule has 2 aliphatic rings. The molecular weight excluding hydrogens is 609 g/mol. The van der Waals surface area contributed by atoms with Crippen LogP contribution in [0.1, 0.15) is 44.9 Å². The van der Waals surface area contributed by atoms with Crippen molar-refractivity contribution in [3.8, 4) is 22.3 Å². The van der Waals surface area contributed by atoms with Gasteiger partial charge in [-0.2, -0.15) is 0 Å². The van der Waals surface area contributed by atoms with Gasteiger partial charge in [-0.15, -0.1) is 0 Å². The molecular formula is C48H32S. The van der Waals surface area contributed by atoms with Crippen LogP contribution >= 0.6 is 11.8 Å². The average Bonchev–Trinajstić information content (AvgIpc) is 3.48. The van der Waals surface area contributed by atoms with Crippen LogP contribution < -0.4 is 0 Å². The van der Waals surface area contributed by atoms with Gasteiger partial charge in [-0.05, 0) is 90.2 Å². The van der Waals surface area contributed by atoms with Crippen LogP contribution in [0.4, 0.5) is 0 Å². The standard InChI is InChI=1S/C48H32S/c1-3-14-36(15-4-1)48(37-16-5-2-6-17-37)42-21-11-9-19-39(42)40-29-27-35(31-43(40)48)32-23-25-34(26-24-32)46-41-20-10-12-22-44(41)49-45-30-28-33-13-7-8-18-38(33)47(45)46/h1-31,46H. The second-order valence-corrected chi connectivity index (χ2v) is 14.3. The molecule has 0 radical (unpaired) electrons. The molecule has 49 heavy (non-hydrogen) atoms. The van der Waals surface area contributed by atoms with Gasteiger partial charge in [0.1, 0.15) is 0 Å². The van der Waals surface area contributed by atoms with Gasteiger partial charge >= 0.3 is 0 Å². The molecule has 1 atom stereocenters.